The van der Waals surface area contributed by atoms with Crippen molar-refractivity contribution in [3.8, 4) is 0 Å². The van der Waals surface area contributed by atoms with Gasteiger partial charge in [0.25, 0.3) is 0 Å². The zero-order chi connectivity index (χ0) is 18.1. The van der Waals surface area contributed by atoms with E-state index < -0.39 is 0 Å². The van der Waals surface area contributed by atoms with E-state index in [-0.39, 0.29) is 30.3 Å². The number of furan rings is 1. The van der Waals surface area contributed by atoms with Gasteiger partial charge in [-0.05, 0) is 31.4 Å². The highest BCUT2D eigenvalue weighted by Crippen LogP contribution is 2.16. The summed E-state index contributed by atoms with van der Waals surface area (Å²) >= 11 is 5.69. The number of alkyl halides is 1. The van der Waals surface area contributed by atoms with Crippen LogP contribution >= 0.6 is 11.6 Å². The van der Waals surface area contributed by atoms with E-state index in [0.717, 1.165) is 38.1 Å². The molecule has 1 aliphatic heterocycles. The summed E-state index contributed by atoms with van der Waals surface area (Å²) in [7, 11) is 0. The fraction of sp³-hybridized carbons (Fsp3) is 0.667. The molecule has 1 saturated heterocycles. The summed E-state index contributed by atoms with van der Waals surface area (Å²) in [5.74, 6) is 0.288. The molecule has 1 aromatic heterocycles. The van der Waals surface area contributed by atoms with Crippen molar-refractivity contribution in [1.29, 1.82) is 0 Å². The topological polar surface area (TPSA) is 63.0 Å². The van der Waals surface area contributed by atoms with E-state index in [0.29, 0.717) is 19.6 Å². The van der Waals surface area contributed by atoms with E-state index in [1.807, 2.05) is 13.0 Å². The van der Waals surface area contributed by atoms with Crippen LogP contribution in [0, 0.1) is 0 Å². The van der Waals surface area contributed by atoms with Gasteiger partial charge in [0.05, 0.1) is 25.5 Å². The molecular weight excluding hydrogens is 344 g/mol. The van der Waals surface area contributed by atoms with Crippen LogP contribution in [0.4, 0.5) is 0 Å². The zero-order valence-corrected chi connectivity index (χ0v) is 15.5. The normalized spacial score (nSPS) is 16.8. The summed E-state index contributed by atoms with van der Waals surface area (Å²) in [5, 5.41) is 0. The van der Waals surface area contributed by atoms with Gasteiger partial charge in [-0.15, -0.1) is 11.6 Å². The molecule has 0 saturated carbocycles. The Hall–Kier alpha value is -1.53. The minimum absolute atomic E-state index is 0.0407. The Labute approximate surface area is 154 Å². The predicted octanol–water partition coefficient (Wildman–Crippen LogP) is 2.65. The highest BCUT2D eigenvalue weighted by Gasteiger charge is 2.25. The van der Waals surface area contributed by atoms with Gasteiger partial charge in [0.1, 0.15) is 11.6 Å². The number of carbonyl (C=O) groups excluding carboxylic acids is 2. The van der Waals surface area contributed by atoms with Crippen LogP contribution in [0.5, 0.6) is 0 Å². The second-order valence-corrected chi connectivity index (χ2v) is 6.56. The second-order valence-electron chi connectivity index (χ2n) is 6.29. The first-order chi connectivity index (χ1) is 12.1. The van der Waals surface area contributed by atoms with E-state index >= 15 is 0 Å². The maximum Gasteiger partial charge on any atom is 0.242 e. The molecule has 25 heavy (non-hydrogen) atoms. The lowest BCUT2D eigenvalue weighted by Gasteiger charge is -2.28. The molecule has 2 rings (SSSR count). The van der Waals surface area contributed by atoms with Crippen LogP contribution in [0.1, 0.15) is 38.4 Å². The van der Waals surface area contributed by atoms with Crippen molar-refractivity contribution in [1.82, 2.24) is 9.80 Å². The predicted molar refractivity (Wildman–Crippen MR) is 95.3 cm³/mol. The van der Waals surface area contributed by atoms with E-state index in [9.17, 15) is 9.59 Å². The fourth-order valence-electron chi connectivity index (χ4n) is 2.87. The molecule has 1 atom stereocenters. The molecule has 0 N–H and O–H groups in total. The standard InChI is InChI=1S/C18H27ClN2O4/c1-2-3-8-20(17(22)11-19)14-18(23)21(12-15-6-4-9-24-15)13-16-7-5-10-25-16/h4,6,9,16H,2-3,5,7-8,10-14H2,1H3/t16-/m1/s1. The molecule has 1 fully saturated rings. The minimum atomic E-state index is -0.210. The molecule has 0 spiro atoms. The Balaban J connectivity index is 2.02. The third-order valence-corrected chi connectivity index (χ3v) is 4.53. The Morgan fingerprint density at radius 2 is 2.16 bits per heavy atom. The summed E-state index contributed by atoms with van der Waals surface area (Å²) in [6.07, 6.45) is 5.40. The molecule has 2 heterocycles. The lowest BCUT2D eigenvalue weighted by Crippen LogP contribution is -2.45. The molecule has 0 unspecified atom stereocenters. The maximum absolute atomic E-state index is 12.8. The van der Waals surface area contributed by atoms with Crippen LogP contribution < -0.4 is 0 Å². The number of hydrogen-bond acceptors (Lipinski definition) is 4. The molecule has 6 nitrogen and oxygen atoms in total. The van der Waals surface area contributed by atoms with Gasteiger partial charge in [-0.25, -0.2) is 0 Å². The van der Waals surface area contributed by atoms with Crippen molar-refractivity contribution >= 4 is 23.4 Å². The highest BCUT2D eigenvalue weighted by atomic mass is 35.5. The first-order valence-electron chi connectivity index (χ1n) is 8.89. The Bertz CT molecular complexity index is 529. The number of ether oxygens (including phenoxy) is 1. The summed E-state index contributed by atoms with van der Waals surface area (Å²) in [5.41, 5.74) is 0. The van der Waals surface area contributed by atoms with E-state index in [1.54, 1.807) is 22.1 Å². The number of carbonyl (C=O) groups is 2. The third-order valence-electron chi connectivity index (χ3n) is 4.30. The van der Waals surface area contributed by atoms with Gasteiger partial charge in [0.15, 0.2) is 0 Å². The molecule has 2 amide bonds. The Kier molecular flexibility index (Phi) is 8.28. The van der Waals surface area contributed by atoms with E-state index in [1.165, 1.54) is 0 Å². The first kappa shape index (κ1) is 19.8. The molecule has 140 valence electrons. The summed E-state index contributed by atoms with van der Waals surface area (Å²) in [6.45, 7) is 4.26. The number of halogens is 1. The zero-order valence-electron chi connectivity index (χ0n) is 14.8. The molecule has 0 aliphatic carbocycles. The van der Waals surface area contributed by atoms with Crippen LogP contribution in [0.25, 0.3) is 0 Å². The minimum Gasteiger partial charge on any atom is -0.467 e. The second kappa shape index (κ2) is 10.5. The fourth-order valence-corrected chi connectivity index (χ4v) is 3.04. The van der Waals surface area contributed by atoms with Gasteiger partial charge in [-0.1, -0.05) is 13.3 Å². The maximum atomic E-state index is 12.8. The van der Waals surface area contributed by atoms with Crippen molar-refractivity contribution in [3.63, 3.8) is 0 Å². The lowest BCUT2D eigenvalue weighted by atomic mass is 10.2. The number of unbranched alkanes of at least 4 members (excludes halogenated alkanes) is 1. The average Bonchev–Trinajstić information content (AvgIpc) is 3.31. The van der Waals surface area contributed by atoms with E-state index in [2.05, 4.69) is 0 Å². The van der Waals surface area contributed by atoms with Crippen LogP contribution in [-0.4, -0.2) is 59.8 Å². The number of hydrogen-bond donors (Lipinski definition) is 0. The SMILES string of the molecule is CCCCN(CC(=O)N(Cc1ccco1)C[C@H]1CCCO1)C(=O)CCl. The van der Waals surface area contributed by atoms with Crippen LogP contribution in [0.15, 0.2) is 22.8 Å². The Morgan fingerprint density at radius 3 is 2.76 bits per heavy atom. The Morgan fingerprint density at radius 1 is 1.32 bits per heavy atom. The summed E-state index contributed by atoms with van der Waals surface area (Å²) in [4.78, 5) is 28.1. The molecule has 0 aromatic carbocycles. The first-order valence-corrected chi connectivity index (χ1v) is 9.43. The van der Waals surface area contributed by atoms with Gasteiger partial charge in [0, 0.05) is 19.7 Å². The smallest absolute Gasteiger partial charge is 0.242 e. The van der Waals surface area contributed by atoms with Crippen molar-refractivity contribution in [2.45, 2.75) is 45.3 Å². The van der Waals surface area contributed by atoms with E-state index in [4.69, 9.17) is 20.8 Å². The molecule has 0 bridgehead atoms. The molecule has 1 aliphatic rings. The van der Waals surface area contributed by atoms with Crippen LogP contribution in [0.2, 0.25) is 0 Å². The summed E-state index contributed by atoms with van der Waals surface area (Å²) in [6, 6.07) is 3.64. The monoisotopic (exact) mass is 370 g/mol. The molecule has 0 radical (unpaired) electrons. The van der Waals surface area contributed by atoms with Gasteiger partial charge in [0.2, 0.25) is 11.8 Å². The van der Waals surface area contributed by atoms with Gasteiger partial charge < -0.3 is 19.0 Å². The molecule has 7 heteroatoms. The van der Waals surface area contributed by atoms with Crippen molar-refractivity contribution < 1.29 is 18.7 Å². The van der Waals surface area contributed by atoms with Crippen molar-refractivity contribution in [3.05, 3.63) is 24.2 Å². The van der Waals surface area contributed by atoms with Crippen molar-refractivity contribution in [2.75, 3.05) is 32.1 Å². The number of rotatable bonds is 10. The van der Waals surface area contributed by atoms with Crippen LogP contribution in [-0.2, 0) is 20.9 Å². The average molecular weight is 371 g/mol. The van der Waals surface area contributed by atoms with Gasteiger partial charge >= 0.3 is 0 Å². The van der Waals surface area contributed by atoms with Gasteiger partial charge in [-0.3, -0.25) is 9.59 Å². The molecule has 1 aromatic rings. The lowest BCUT2D eigenvalue weighted by molar-refractivity contribution is -0.140. The molecular formula is C18H27ClN2O4. The van der Waals surface area contributed by atoms with Gasteiger partial charge in [-0.2, -0.15) is 0 Å². The number of nitrogens with zero attached hydrogens (tertiary/aromatic N) is 2. The largest absolute Gasteiger partial charge is 0.467 e. The number of amides is 2. The quantitative estimate of drug-likeness (QED) is 0.594. The van der Waals surface area contributed by atoms with Crippen molar-refractivity contribution in [2.24, 2.45) is 0 Å². The summed E-state index contributed by atoms with van der Waals surface area (Å²) < 4.78 is 11.0. The van der Waals surface area contributed by atoms with Crippen LogP contribution in [0.3, 0.4) is 0 Å². The highest BCUT2D eigenvalue weighted by molar-refractivity contribution is 6.27. The third kappa shape index (κ3) is 6.36.